The van der Waals surface area contributed by atoms with E-state index < -0.39 is 0 Å². The molecule has 0 radical (unpaired) electrons. The van der Waals surface area contributed by atoms with E-state index in [9.17, 15) is 9.59 Å². The van der Waals surface area contributed by atoms with Crippen molar-refractivity contribution in [3.05, 3.63) is 41.1 Å². The lowest BCUT2D eigenvalue weighted by Crippen LogP contribution is -2.07. The quantitative estimate of drug-likeness (QED) is 0.476. The number of carbonyl (C=O) groups is 2. The Labute approximate surface area is 136 Å². The molecule has 1 aromatic heterocycles. The Morgan fingerprint density at radius 2 is 2.09 bits per heavy atom. The van der Waals surface area contributed by atoms with Gasteiger partial charge in [0.05, 0.1) is 18.3 Å². The van der Waals surface area contributed by atoms with Crippen molar-refractivity contribution in [1.29, 1.82) is 0 Å². The zero-order chi connectivity index (χ0) is 17.0. The number of aldehydes is 1. The second-order valence-corrected chi connectivity index (χ2v) is 6.12. The average molecular weight is 313 g/mol. The summed E-state index contributed by atoms with van der Waals surface area (Å²) in [5, 5.41) is 0.977. The first-order valence-corrected chi connectivity index (χ1v) is 7.76. The Morgan fingerprint density at radius 3 is 2.70 bits per heavy atom. The Kier molecular flexibility index (Phi) is 5.37. The highest BCUT2D eigenvalue weighted by molar-refractivity contribution is 6.01. The standard InChI is InChI=1S/C19H23NO3/c1-12(2)5-7-15-18(23-4)8-6-14-10-16(20-19(14)15)17(22)9-13(3)11-21/h5-6,8,10-11,13,20H,7,9H2,1-4H3. The van der Waals surface area contributed by atoms with Gasteiger partial charge < -0.3 is 14.5 Å². The molecule has 2 aromatic rings. The minimum Gasteiger partial charge on any atom is -0.496 e. The fraction of sp³-hybridized carbons (Fsp3) is 0.368. The predicted molar refractivity (Wildman–Crippen MR) is 92.2 cm³/mol. The Hall–Kier alpha value is -2.36. The van der Waals surface area contributed by atoms with Crippen LogP contribution in [0.15, 0.2) is 29.8 Å². The molecule has 122 valence electrons. The largest absolute Gasteiger partial charge is 0.496 e. The van der Waals surface area contributed by atoms with Crippen LogP contribution in [0.3, 0.4) is 0 Å². The number of methoxy groups -OCH3 is 1. The van der Waals surface area contributed by atoms with E-state index in [1.54, 1.807) is 14.0 Å². The minimum atomic E-state index is -0.270. The zero-order valence-electron chi connectivity index (χ0n) is 14.1. The monoisotopic (exact) mass is 313 g/mol. The van der Waals surface area contributed by atoms with Crippen LogP contribution in [0.25, 0.3) is 10.9 Å². The van der Waals surface area contributed by atoms with Crippen molar-refractivity contribution in [3.8, 4) is 5.75 Å². The Morgan fingerprint density at radius 1 is 1.35 bits per heavy atom. The first-order chi connectivity index (χ1) is 11.0. The van der Waals surface area contributed by atoms with Crippen LogP contribution in [-0.2, 0) is 11.2 Å². The lowest BCUT2D eigenvalue weighted by molar-refractivity contribution is -0.110. The number of allylic oxidation sites excluding steroid dienone is 2. The number of aromatic nitrogens is 1. The van der Waals surface area contributed by atoms with Crippen molar-refractivity contribution in [2.45, 2.75) is 33.6 Å². The fourth-order valence-electron chi connectivity index (χ4n) is 2.54. The second-order valence-electron chi connectivity index (χ2n) is 6.12. The highest BCUT2D eigenvalue weighted by Gasteiger charge is 2.16. The van der Waals surface area contributed by atoms with Crippen LogP contribution < -0.4 is 4.74 Å². The van der Waals surface area contributed by atoms with Gasteiger partial charge in [-0.15, -0.1) is 0 Å². The SMILES string of the molecule is COc1ccc2cc(C(=O)CC(C)C=O)[nH]c2c1CC=C(C)C. The topological polar surface area (TPSA) is 59.2 Å². The molecule has 23 heavy (non-hydrogen) atoms. The number of hydrogen-bond donors (Lipinski definition) is 1. The first-order valence-electron chi connectivity index (χ1n) is 7.76. The molecule has 0 aliphatic heterocycles. The van der Waals surface area contributed by atoms with Gasteiger partial charge in [-0.1, -0.05) is 18.6 Å². The lowest BCUT2D eigenvalue weighted by Gasteiger charge is -2.08. The van der Waals surface area contributed by atoms with Crippen LogP contribution >= 0.6 is 0 Å². The summed E-state index contributed by atoms with van der Waals surface area (Å²) >= 11 is 0. The molecule has 0 saturated heterocycles. The number of aromatic amines is 1. The van der Waals surface area contributed by atoms with E-state index in [4.69, 9.17) is 4.74 Å². The number of H-pyrrole nitrogens is 1. The number of carbonyl (C=O) groups excluding carboxylic acids is 2. The van der Waals surface area contributed by atoms with Gasteiger partial charge in [0, 0.05) is 23.3 Å². The van der Waals surface area contributed by atoms with Crippen LogP contribution in [-0.4, -0.2) is 24.2 Å². The molecule has 4 nitrogen and oxygen atoms in total. The zero-order valence-corrected chi connectivity index (χ0v) is 14.1. The molecule has 1 unspecified atom stereocenters. The van der Waals surface area contributed by atoms with Gasteiger partial charge >= 0.3 is 0 Å². The summed E-state index contributed by atoms with van der Waals surface area (Å²) in [5.41, 5.74) is 3.73. The maximum absolute atomic E-state index is 12.3. The van der Waals surface area contributed by atoms with Gasteiger partial charge in [0.15, 0.2) is 5.78 Å². The molecule has 0 bridgehead atoms. The number of ketones is 1. The molecule has 0 amide bonds. The molecule has 0 aliphatic rings. The molecule has 1 aromatic carbocycles. The third-order valence-corrected chi connectivity index (χ3v) is 3.84. The number of rotatable bonds is 7. The average Bonchev–Trinajstić information content (AvgIpc) is 2.96. The molecular formula is C19H23NO3. The van der Waals surface area contributed by atoms with E-state index in [0.717, 1.165) is 34.9 Å². The minimum absolute atomic E-state index is 0.0482. The molecule has 0 saturated carbocycles. The fourth-order valence-corrected chi connectivity index (χ4v) is 2.54. The van der Waals surface area contributed by atoms with Gasteiger partial charge in [0.2, 0.25) is 0 Å². The molecule has 1 N–H and O–H groups in total. The van der Waals surface area contributed by atoms with Crippen LogP contribution in [0, 0.1) is 5.92 Å². The number of benzene rings is 1. The summed E-state index contributed by atoms with van der Waals surface area (Å²) in [6.07, 6.45) is 3.90. The smallest absolute Gasteiger partial charge is 0.179 e. The van der Waals surface area contributed by atoms with Crippen LogP contribution in [0.1, 0.15) is 43.2 Å². The predicted octanol–water partition coefficient (Wildman–Crippen LogP) is 4.09. The molecule has 4 heteroatoms. The van der Waals surface area contributed by atoms with Gasteiger partial charge in [-0.2, -0.15) is 0 Å². The van der Waals surface area contributed by atoms with Crippen molar-refractivity contribution in [3.63, 3.8) is 0 Å². The normalized spacial score (nSPS) is 12.0. The van der Waals surface area contributed by atoms with Crippen LogP contribution in [0.4, 0.5) is 0 Å². The number of Topliss-reactive ketones (excluding diaryl/α,β-unsaturated/α-hetero) is 1. The van der Waals surface area contributed by atoms with Crippen molar-refractivity contribution in [2.75, 3.05) is 7.11 Å². The third-order valence-electron chi connectivity index (χ3n) is 3.84. The molecule has 2 rings (SSSR count). The van der Waals surface area contributed by atoms with Crippen molar-refractivity contribution in [1.82, 2.24) is 4.98 Å². The molecule has 0 aliphatic carbocycles. The summed E-state index contributed by atoms with van der Waals surface area (Å²) in [4.78, 5) is 26.2. The molecule has 1 atom stereocenters. The number of nitrogens with one attached hydrogen (secondary N) is 1. The summed E-state index contributed by atoms with van der Waals surface area (Å²) in [6, 6.07) is 5.71. The summed E-state index contributed by atoms with van der Waals surface area (Å²) < 4.78 is 5.46. The van der Waals surface area contributed by atoms with E-state index in [1.807, 2.05) is 18.2 Å². The second kappa shape index (κ2) is 7.27. The van der Waals surface area contributed by atoms with E-state index in [1.165, 1.54) is 5.57 Å². The highest BCUT2D eigenvalue weighted by Crippen LogP contribution is 2.29. The van der Waals surface area contributed by atoms with Gasteiger partial charge in [-0.3, -0.25) is 4.79 Å². The maximum atomic E-state index is 12.3. The molecule has 0 spiro atoms. The van der Waals surface area contributed by atoms with Gasteiger partial charge in [0.1, 0.15) is 12.0 Å². The van der Waals surface area contributed by atoms with Gasteiger partial charge in [-0.05, 0) is 38.5 Å². The first kappa shape index (κ1) is 17.0. The summed E-state index contributed by atoms with van der Waals surface area (Å²) in [7, 11) is 1.65. The van der Waals surface area contributed by atoms with Gasteiger partial charge in [-0.25, -0.2) is 0 Å². The van der Waals surface area contributed by atoms with Crippen LogP contribution in [0.5, 0.6) is 5.75 Å². The van der Waals surface area contributed by atoms with E-state index in [-0.39, 0.29) is 18.1 Å². The van der Waals surface area contributed by atoms with Crippen LogP contribution in [0.2, 0.25) is 0 Å². The summed E-state index contributed by atoms with van der Waals surface area (Å²) in [5.74, 6) is 0.485. The van der Waals surface area contributed by atoms with Crippen molar-refractivity contribution < 1.29 is 14.3 Å². The highest BCUT2D eigenvalue weighted by atomic mass is 16.5. The molecule has 1 heterocycles. The maximum Gasteiger partial charge on any atom is 0.179 e. The number of ether oxygens (including phenoxy) is 1. The van der Waals surface area contributed by atoms with Gasteiger partial charge in [0.25, 0.3) is 0 Å². The van der Waals surface area contributed by atoms with E-state index in [2.05, 4.69) is 24.9 Å². The molecule has 0 fully saturated rings. The summed E-state index contributed by atoms with van der Waals surface area (Å²) in [6.45, 7) is 5.85. The number of fused-ring (bicyclic) bond motifs is 1. The Balaban J connectivity index is 2.45. The Bertz CT molecular complexity index is 751. The molecular weight excluding hydrogens is 290 g/mol. The van der Waals surface area contributed by atoms with E-state index >= 15 is 0 Å². The van der Waals surface area contributed by atoms with Crippen molar-refractivity contribution >= 4 is 23.0 Å². The van der Waals surface area contributed by atoms with Crippen molar-refractivity contribution in [2.24, 2.45) is 5.92 Å². The number of hydrogen-bond acceptors (Lipinski definition) is 3. The third kappa shape index (κ3) is 3.89. The van der Waals surface area contributed by atoms with E-state index in [0.29, 0.717) is 5.69 Å². The lowest BCUT2D eigenvalue weighted by atomic mass is 10.0.